The van der Waals surface area contributed by atoms with Crippen LogP contribution >= 0.6 is 11.3 Å². The van der Waals surface area contributed by atoms with E-state index in [1.165, 1.54) is 17.7 Å². The number of amides is 1. The van der Waals surface area contributed by atoms with Gasteiger partial charge in [0.1, 0.15) is 11.7 Å². The molecule has 1 amide bonds. The smallest absolute Gasteiger partial charge is 0.317 e. The Morgan fingerprint density at radius 1 is 0.778 bits per heavy atom. The lowest BCUT2D eigenvalue weighted by Crippen LogP contribution is -2.35. The lowest BCUT2D eigenvalue weighted by atomic mass is 9.90. The van der Waals surface area contributed by atoms with Gasteiger partial charge in [-0.25, -0.2) is 0 Å². The number of aromatic nitrogens is 1. The molecule has 5 N–H and O–H groups in total. The highest BCUT2D eigenvalue weighted by Crippen LogP contribution is 2.34. The Kier molecular flexibility index (Phi) is 14.2. The number of aromatic amines is 1. The molecule has 7 aromatic rings. The Balaban J connectivity index is 0.812. The van der Waals surface area contributed by atoms with Crippen LogP contribution < -0.4 is 16.2 Å². The number of aliphatic hydroxyl groups is 1. The number of thiophene rings is 1. The predicted octanol–water partition coefficient (Wildman–Crippen LogP) is 8.23. The van der Waals surface area contributed by atoms with E-state index in [9.17, 15) is 24.6 Å². The molecule has 1 fully saturated rings. The van der Waals surface area contributed by atoms with Crippen LogP contribution in [0.5, 0.6) is 5.75 Å². The third kappa shape index (κ3) is 11.4. The Hall–Kier alpha value is -6.37. The van der Waals surface area contributed by atoms with Crippen LogP contribution in [0.1, 0.15) is 63.1 Å². The fourth-order valence-corrected chi connectivity index (χ4v) is 9.21. The van der Waals surface area contributed by atoms with Crippen molar-refractivity contribution in [2.24, 2.45) is 5.92 Å². The molecule has 1 aliphatic rings. The van der Waals surface area contributed by atoms with E-state index in [0.717, 1.165) is 70.0 Å². The molecular weight excluding hydrogens is 809 g/mol. The molecule has 2 atom stereocenters. The Labute approximate surface area is 371 Å². The summed E-state index contributed by atoms with van der Waals surface area (Å²) in [5.74, 6) is -0.570. The van der Waals surface area contributed by atoms with Crippen LogP contribution in [0.4, 0.5) is 0 Å². The van der Waals surface area contributed by atoms with Gasteiger partial charge in [-0.15, -0.1) is 11.3 Å². The summed E-state index contributed by atoms with van der Waals surface area (Å²) in [6, 6.07) is 46.5. The average molecular weight is 861 g/mol. The van der Waals surface area contributed by atoms with Crippen LogP contribution in [0, 0.1) is 5.92 Å². The molecule has 1 unspecified atom stereocenters. The molecule has 10 nitrogen and oxygen atoms in total. The minimum atomic E-state index is -0.857. The molecule has 0 aliphatic carbocycles. The number of carbonyl (C=O) groups excluding carboxylic acids is 2. The van der Waals surface area contributed by atoms with E-state index in [0.29, 0.717) is 42.1 Å². The second-order valence-corrected chi connectivity index (χ2v) is 17.4. The predicted molar refractivity (Wildman–Crippen MR) is 248 cm³/mol. The van der Waals surface area contributed by atoms with Crippen LogP contribution in [-0.4, -0.2) is 58.2 Å². The number of benzene rings is 5. The summed E-state index contributed by atoms with van der Waals surface area (Å²) >= 11 is 1.62. The second kappa shape index (κ2) is 20.7. The number of piperidine rings is 1. The van der Waals surface area contributed by atoms with Crippen LogP contribution in [-0.2, 0) is 40.4 Å². The number of nitrogens with one attached hydrogen (secondary N) is 3. The Bertz CT molecular complexity index is 2680. The number of phenols is 1. The van der Waals surface area contributed by atoms with E-state index in [4.69, 9.17) is 4.74 Å². The lowest BCUT2D eigenvalue weighted by Gasteiger charge is -2.32. The number of ether oxygens (including phenoxy) is 1. The fraction of sp³-hybridized carbons (Fsp3) is 0.250. The average Bonchev–Trinajstić information content (AvgIpc) is 3.79. The highest BCUT2D eigenvalue weighted by atomic mass is 32.1. The standard InChI is InChI=1S/C52H52N4O6S/c57-45-21-19-43(44-20-23-48(59)55-51(44)45)46(58)32-53-30-36-16-14-35(15-17-36)28-49(60)54-31-42-18-22-47(63-42)40-12-7-13-41(29-40)50(39-10-5-2-6-11-39)52(61)62-34-38-24-26-56(27-25-38)33-37-8-3-1-4-9-37/h1-23,29,38,46,50,53,57-58H,24-28,30-34H2,(H,54,60)(H,55,59)/t46-,50?/m0/s1. The van der Waals surface area contributed by atoms with E-state index >= 15 is 0 Å². The van der Waals surface area contributed by atoms with E-state index < -0.39 is 12.0 Å². The number of H-pyrrole nitrogens is 1. The monoisotopic (exact) mass is 860 g/mol. The van der Waals surface area contributed by atoms with Crippen molar-refractivity contribution in [2.75, 3.05) is 26.2 Å². The van der Waals surface area contributed by atoms with E-state index in [1.54, 1.807) is 23.5 Å². The van der Waals surface area contributed by atoms with Gasteiger partial charge in [0.25, 0.3) is 0 Å². The minimum Gasteiger partial charge on any atom is -0.506 e. The van der Waals surface area contributed by atoms with Gasteiger partial charge in [-0.1, -0.05) is 109 Å². The van der Waals surface area contributed by atoms with Gasteiger partial charge in [0.15, 0.2) is 0 Å². The van der Waals surface area contributed by atoms with Gasteiger partial charge in [-0.05, 0) is 101 Å². The summed E-state index contributed by atoms with van der Waals surface area (Å²) in [7, 11) is 0. The third-order valence-corrected chi connectivity index (χ3v) is 12.9. The quantitative estimate of drug-likeness (QED) is 0.0577. The van der Waals surface area contributed by atoms with Gasteiger partial charge in [0.05, 0.1) is 31.2 Å². The topological polar surface area (TPSA) is 144 Å². The number of pyridine rings is 1. The zero-order chi connectivity index (χ0) is 43.5. The first-order chi connectivity index (χ1) is 30.8. The van der Waals surface area contributed by atoms with Gasteiger partial charge < -0.3 is 30.6 Å². The van der Waals surface area contributed by atoms with Crippen molar-refractivity contribution in [2.45, 2.75) is 50.9 Å². The van der Waals surface area contributed by atoms with Crippen molar-refractivity contribution in [3.63, 3.8) is 0 Å². The minimum absolute atomic E-state index is 0.0507. The molecule has 2 aromatic heterocycles. The summed E-state index contributed by atoms with van der Waals surface area (Å²) in [5, 5.41) is 27.9. The summed E-state index contributed by atoms with van der Waals surface area (Å²) in [6.07, 6.45) is 1.39. The molecule has 322 valence electrons. The van der Waals surface area contributed by atoms with Crippen molar-refractivity contribution in [1.29, 1.82) is 0 Å². The molecule has 1 aliphatic heterocycles. The number of carbonyl (C=O) groups is 2. The maximum Gasteiger partial charge on any atom is 0.317 e. The number of likely N-dealkylation sites (tertiary alicyclic amines) is 1. The molecule has 0 bridgehead atoms. The zero-order valence-electron chi connectivity index (χ0n) is 35.0. The van der Waals surface area contributed by atoms with E-state index in [1.807, 2.05) is 78.9 Å². The van der Waals surface area contributed by atoms with Crippen molar-refractivity contribution < 1.29 is 24.5 Å². The first-order valence-corrected chi connectivity index (χ1v) is 22.3. The Morgan fingerprint density at radius 3 is 2.29 bits per heavy atom. The number of aromatic hydroxyl groups is 1. The van der Waals surface area contributed by atoms with Crippen molar-refractivity contribution >= 4 is 34.1 Å². The number of esters is 1. The molecule has 8 rings (SSSR count). The number of hydrogen-bond donors (Lipinski definition) is 5. The van der Waals surface area contributed by atoms with Gasteiger partial charge >= 0.3 is 5.97 Å². The number of rotatable bonds is 17. The van der Waals surface area contributed by atoms with Gasteiger partial charge in [-0.3, -0.25) is 19.3 Å². The first-order valence-electron chi connectivity index (χ1n) is 21.5. The Morgan fingerprint density at radius 2 is 1.51 bits per heavy atom. The molecule has 11 heteroatoms. The third-order valence-electron chi connectivity index (χ3n) is 11.7. The molecular formula is C52H52N4O6S. The molecule has 0 spiro atoms. The van der Waals surface area contributed by atoms with E-state index in [2.05, 4.69) is 63.0 Å². The molecule has 0 radical (unpaired) electrons. The highest BCUT2D eigenvalue weighted by Gasteiger charge is 2.27. The lowest BCUT2D eigenvalue weighted by molar-refractivity contribution is -0.146. The number of fused-ring (bicyclic) bond motifs is 1. The maximum absolute atomic E-state index is 13.9. The van der Waals surface area contributed by atoms with Crippen molar-refractivity contribution in [3.05, 3.63) is 194 Å². The van der Waals surface area contributed by atoms with Gasteiger partial charge in [0.2, 0.25) is 11.5 Å². The number of aliphatic hydroxyl groups excluding tert-OH is 1. The second-order valence-electron chi connectivity index (χ2n) is 16.3. The highest BCUT2D eigenvalue weighted by molar-refractivity contribution is 7.15. The summed E-state index contributed by atoms with van der Waals surface area (Å²) < 4.78 is 6.09. The van der Waals surface area contributed by atoms with Crippen LogP contribution in [0.25, 0.3) is 21.3 Å². The van der Waals surface area contributed by atoms with Crippen LogP contribution in [0.3, 0.4) is 0 Å². The first kappa shape index (κ1) is 43.3. The zero-order valence-corrected chi connectivity index (χ0v) is 35.9. The van der Waals surface area contributed by atoms with Crippen molar-refractivity contribution in [1.82, 2.24) is 20.5 Å². The van der Waals surface area contributed by atoms with Crippen LogP contribution in [0.15, 0.2) is 150 Å². The normalized spacial score (nSPS) is 14.3. The maximum atomic E-state index is 13.9. The fourth-order valence-electron chi connectivity index (χ4n) is 8.27. The van der Waals surface area contributed by atoms with Crippen LogP contribution in [0.2, 0.25) is 0 Å². The molecule has 0 saturated carbocycles. The number of phenolic OH excluding ortho intramolecular Hbond substituents is 1. The summed E-state index contributed by atoms with van der Waals surface area (Å²) in [5.41, 5.74) is 6.56. The summed E-state index contributed by atoms with van der Waals surface area (Å²) in [4.78, 5) is 45.8. The largest absolute Gasteiger partial charge is 0.506 e. The van der Waals surface area contributed by atoms with Gasteiger partial charge in [-0.2, -0.15) is 0 Å². The molecule has 1 saturated heterocycles. The SMILES string of the molecule is O=C(Cc1ccc(CNC[C@H](O)c2ccc(O)c3[nH]c(=O)ccc23)cc1)NCc1ccc(-c2cccc(C(C(=O)OCC3CCN(Cc4ccccc4)CC3)c3ccccc3)c2)s1. The van der Waals surface area contributed by atoms with Crippen molar-refractivity contribution in [3.8, 4) is 16.2 Å². The van der Waals surface area contributed by atoms with Gasteiger partial charge in [0, 0.05) is 40.8 Å². The number of nitrogens with zero attached hydrogens (tertiary/aromatic N) is 1. The molecule has 5 aromatic carbocycles. The van der Waals surface area contributed by atoms with E-state index in [-0.39, 0.29) is 36.2 Å². The molecule has 3 heterocycles. The molecule has 63 heavy (non-hydrogen) atoms. The number of hydrogen-bond acceptors (Lipinski definition) is 9. The summed E-state index contributed by atoms with van der Waals surface area (Å²) in [6.45, 7) is 4.53.